The number of hydrogen-bond donors (Lipinski definition) is 2. The van der Waals surface area contributed by atoms with E-state index in [0.29, 0.717) is 0 Å². The van der Waals surface area contributed by atoms with Gasteiger partial charge in [-0.05, 0) is 34.1 Å². The number of carbonyl (C=O) groups is 1. The van der Waals surface area contributed by atoms with Crippen LogP contribution in [0, 0.1) is 5.92 Å². The lowest BCUT2D eigenvalue weighted by Crippen LogP contribution is -2.46. The zero-order chi connectivity index (χ0) is 11.0. The van der Waals surface area contributed by atoms with Crippen LogP contribution in [-0.4, -0.2) is 28.9 Å². The summed E-state index contributed by atoms with van der Waals surface area (Å²) >= 11 is 0. The highest BCUT2D eigenvalue weighted by atomic mass is 16.6. The average Bonchev–Trinajstić information content (AvgIpc) is 2.19. The van der Waals surface area contributed by atoms with Gasteiger partial charge in [-0.25, -0.2) is 0 Å². The van der Waals surface area contributed by atoms with Gasteiger partial charge in [0.1, 0.15) is 0 Å². The molecule has 1 aliphatic rings. The molecular formula is C10H19NO3. The molecule has 1 saturated heterocycles. The molecule has 4 heteroatoms. The highest BCUT2D eigenvalue weighted by molar-refractivity contribution is 5.74. The lowest BCUT2D eigenvalue weighted by molar-refractivity contribution is -0.158. The predicted octanol–water partition coefficient (Wildman–Crippen LogP) is 0.646. The fraction of sp³-hybridized carbons (Fsp3) is 0.900. The first-order valence-corrected chi connectivity index (χ1v) is 4.85. The van der Waals surface area contributed by atoms with Crippen molar-refractivity contribution in [2.45, 2.75) is 45.2 Å². The monoisotopic (exact) mass is 201 g/mol. The number of rotatable bonds is 2. The van der Waals surface area contributed by atoms with E-state index in [0.717, 1.165) is 6.42 Å². The molecule has 2 N–H and O–H groups in total. The van der Waals surface area contributed by atoms with Gasteiger partial charge in [-0.3, -0.25) is 4.79 Å². The Labute approximate surface area is 84.6 Å². The number of aliphatic hydroxyl groups excluding tert-OH is 1. The lowest BCUT2D eigenvalue weighted by Gasteiger charge is -2.27. The first kappa shape index (κ1) is 11.5. The van der Waals surface area contributed by atoms with Crippen molar-refractivity contribution in [2.24, 2.45) is 5.92 Å². The van der Waals surface area contributed by atoms with Gasteiger partial charge in [0.2, 0.25) is 0 Å². The van der Waals surface area contributed by atoms with Gasteiger partial charge in [0.25, 0.3) is 0 Å². The second kappa shape index (κ2) is 3.51. The summed E-state index contributed by atoms with van der Waals surface area (Å²) in [6, 6.07) is 0. The smallest absolute Gasteiger partial charge is 0.312 e. The molecule has 0 saturated carbocycles. The van der Waals surface area contributed by atoms with Gasteiger partial charge in [-0.15, -0.1) is 0 Å². The molecule has 0 aromatic heterocycles. The summed E-state index contributed by atoms with van der Waals surface area (Å²) < 4.78 is 4.63. The molecule has 0 aromatic carbocycles. The van der Waals surface area contributed by atoms with Gasteiger partial charge < -0.3 is 15.2 Å². The molecule has 1 unspecified atom stereocenters. The maximum absolute atomic E-state index is 11.5. The van der Waals surface area contributed by atoms with Crippen LogP contribution in [-0.2, 0) is 9.53 Å². The molecule has 82 valence electrons. The summed E-state index contributed by atoms with van der Waals surface area (Å²) in [5, 5.41) is 11.9. The van der Waals surface area contributed by atoms with Crippen molar-refractivity contribution in [1.82, 2.24) is 5.32 Å². The van der Waals surface area contributed by atoms with Gasteiger partial charge in [-0.2, -0.15) is 0 Å². The first-order chi connectivity index (χ1) is 6.28. The molecule has 14 heavy (non-hydrogen) atoms. The van der Waals surface area contributed by atoms with Crippen molar-refractivity contribution in [2.75, 3.05) is 6.79 Å². The van der Waals surface area contributed by atoms with Crippen LogP contribution in [0.2, 0.25) is 0 Å². The van der Waals surface area contributed by atoms with E-state index in [2.05, 4.69) is 23.9 Å². The van der Waals surface area contributed by atoms with E-state index in [1.807, 2.05) is 13.8 Å². The van der Waals surface area contributed by atoms with Crippen LogP contribution in [0.4, 0.5) is 0 Å². The molecule has 1 atom stereocenters. The fourth-order valence-corrected chi connectivity index (χ4v) is 2.32. The summed E-state index contributed by atoms with van der Waals surface area (Å²) in [6.07, 6.45) is 0.735. The summed E-state index contributed by atoms with van der Waals surface area (Å²) in [6.45, 7) is 7.53. The van der Waals surface area contributed by atoms with Gasteiger partial charge in [0.15, 0.2) is 6.79 Å². The van der Waals surface area contributed by atoms with Crippen LogP contribution < -0.4 is 5.32 Å². The summed E-state index contributed by atoms with van der Waals surface area (Å²) in [5.41, 5.74) is -0.321. The third-order valence-corrected chi connectivity index (χ3v) is 2.74. The maximum atomic E-state index is 11.5. The first-order valence-electron chi connectivity index (χ1n) is 4.85. The van der Waals surface area contributed by atoms with Crippen LogP contribution >= 0.6 is 0 Å². The molecule has 0 aromatic rings. The van der Waals surface area contributed by atoms with Crippen LogP contribution in [0.15, 0.2) is 0 Å². The minimum atomic E-state index is -0.536. The van der Waals surface area contributed by atoms with Crippen LogP contribution in [0.5, 0.6) is 0 Å². The summed E-state index contributed by atoms with van der Waals surface area (Å²) in [5.74, 6) is -0.514. The zero-order valence-corrected chi connectivity index (χ0v) is 9.26. The molecule has 0 spiro atoms. The number of carbonyl (C=O) groups excluding carboxylic acids is 1. The number of aliphatic hydroxyl groups is 1. The van der Waals surface area contributed by atoms with Crippen molar-refractivity contribution < 1.29 is 14.6 Å². The number of esters is 1. The van der Waals surface area contributed by atoms with E-state index in [1.165, 1.54) is 0 Å². The van der Waals surface area contributed by atoms with Gasteiger partial charge in [0, 0.05) is 11.1 Å². The Hall–Kier alpha value is -0.610. The predicted molar refractivity (Wildman–Crippen MR) is 52.6 cm³/mol. The van der Waals surface area contributed by atoms with E-state index >= 15 is 0 Å². The summed E-state index contributed by atoms with van der Waals surface area (Å²) in [7, 11) is 0. The Balaban J connectivity index is 2.75. The van der Waals surface area contributed by atoms with Gasteiger partial charge >= 0.3 is 5.97 Å². The normalized spacial score (nSPS) is 28.8. The number of ether oxygens (including phenoxy) is 1. The molecule has 1 rings (SSSR count). The molecule has 1 fully saturated rings. The number of nitrogens with one attached hydrogen (secondary N) is 1. The van der Waals surface area contributed by atoms with E-state index in [9.17, 15) is 4.79 Å². The topological polar surface area (TPSA) is 58.6 Å². The second-order valence-electron chi connectivity index (χ2n) is 5.08. The zero-order valence-electron chi connectivity index (χ0n) is 9.26. The number of hydrogen-bond acceptors (Lipinski definition) is 4. The van der Waals surface area contributed by atoms with Crippen molar-refractivity contribution >= 4 is 5.97 Å². The molecule has 1 aliphatic heterocycles. The van der Waals surface area contributed by atoms with Crippen molar-refractivity contribution in [1.29, 1.82) is 0 Å². The van der Waals surface area contributed by atoms with E-state index in [-0.39, 0.29) is 23.0 Å². The largest absolute Gasteiger partial charge is 0.438 e. The van der Waals surface area contributed by atoms with Gasteiger partial charge in [0.05, 0.1) is 5.92 Å². The quantitative estimate of drug-likeness (QED) is 0.508. The van der Waals surface area contributed by atoms with Crippen LogP contribution in [0.3, 0.4) is 0 Å². The minimum absolute atomic E-state index is 0.0529. The molecular weight excluding hydrogens is 182 g/mol. The molecule has 0 aliphatic carbocycles. The molecule has 1 heterocycles. The molecule has 4 nitrogen and oxygen atoms in total. The maximum Gasteiger partial charge on any atom is 0.312 e. The van der Waals surface area contributed by atoms with Gasteiger partial charge in [-0.1, -0.05) is 0 Å². The van der Waals surface area contributed by atoms with Crippen molar-refractivity contribution in [3.05, 3.63) is 0 Å². The van der Waals surface area contributed by atoms with E-state index in [1.54, 1.807) is 0 Å². The Bertz CT molecular complexity index is 236. The van der Waals surface area contributed by atoms with E-state index < -0.39 is 6.79 Å². The minimum Gasteiger partial charge on any atom is -0.438 e. The Morgan fingerprint density at radius 2 is 2.07 bits per heavy atom. The van der Waals surface area contributed by atoms with Crippen molar-refractivity contribution in [3.8, 4) is 0 Å². The molecule has 0 radical (unpaired) electrons. The molecule has 0 amide bonds. The standard InChI is InChI=1S/C10H19NO3/c1-9(2)5-7(8(13)14-6-12)10(3,4)11-9/h7,11-12H,5-6H2,1-4H3. The average molecular weight is 201 g/mol. The lowest BCUT2D eigenvalue weighted by atomic mass is 9.87. The summed E-state index contributed by atoms with van der Waals surface area (Å²) in [4.78, 5) is 11.5. The van der Waals surface area contributed by atoms with E-state index in [4.69, 9.17) is 5.11 Å². The molecule has 0 bridgehead atoms. The van der Waals surface area contributed by atoms with Crippen molar-refractivity contribution in [3.63, 3.8) is 0 Å². The Morgan fingerprint density at radius 3 is 2.43 bits per heavy atom. The van der Waals surface area contributed by atoms with Crippen LogP contribution in [0.25, 0.3) is 0 Å². The Kier molecular flexibility index (Phi) is 2.88. The third kappa shape index (κ3) is 2.25. The highest BCUT2D eigenvalue weighted by Crippen LogP contribution is 2.36. The third-order valence-electron chi connectivity index (χ3n) is 2.74. The second-order valence-corrected chi connectivity index (χ2v) is 5.08. The SMILES string of the molecule is CC1(C)CC(C(=O)OCO)C(C)(C)N1. The highest BCUT2D eigenvalue weighted by Gasteiger charge is 2.48. The fourth-order valence-electron chi connectivity index (χ4n) is 2.32. The van der Waals surface area contributed by atoms with Crippen LogP contribution in [0.1, 0.15) is 34.1 Å². The Morgan fingerprint density at radius 1 is 1.50 bits per heavy atom.